The number of benzene rings is 2. The number of hydrogen-bond donors (Lipinski definition) is 1. The topological polar surface area (TPSA) is 71.4 Å². The number of ether oxygens (including phenoxy) is 2. The smallest absolute Gasteiger partial charge is 0.161 e. The van der Waals surface area contributed by atoms with Crippen LogP contribution in [0.3, 0.4) is 0 Å². The van der Waals surface area contributed by atoms with Gasteiger partial charge >= 0.3 is 0 Å². The van der Waals surface area contributed by atoms with Crippen molar-refractivity contribution in [1.29, 1.82) is 5.26 Å². The Morgan fingerprint density at radius 2 is 1.83 bits per heavy atom. The molecule has 4 rings (SSSR count). The summed E-state index contributed by atoms with van der Waals surface area (Å²) in [6, 6.07) is 16.4. The summed E-state index contributed by atoms with van der Waals surface area (Å²) in [7, 11) is 0. The van der Waals surface area contributed by atoms with Crippen LogP contribution in [-0.4, -0.2) is 31.6 Å². The highest BCUT2D eigenvalue weighted by atomic mass is 16.6. The van der Waals surface area contributed by atoms with Crippen molar-refractivity contribution in [3.05, 3.63) is 48.0 Å². The molecular weight excluding hydrogens is 364 g/mol. The lowest BCUT2D eigenvalue weighted by Gasteiger charge is -2.23. The van der Waals surface area contributed by atoms with E-state index in [1.807, 2.05) is 30.3 Å². The van der Waals surface area contributed by atoms with Gasteiger partial charge in [-0.15, -0.1) is 0 Å². The lowest BCUT2D eigenvalue weighted by molar-refractivity contribution is -0.122. The van der Waals surface area contributed by atoms with E-state index in [1.54, 1.807) is 0 Å². The van der Waals surface area contributed by atoms with Crippen molar-refractivity contribution in [2.45, 2.75) is 38.1 Å². The van der Waals surface area contributed by atoms with Gasteiger partial charge in [0, 0.05) is 6.42 Å². The summed E-state index contributed by atoms with van der Waals surface area (Å²) in [6.07, 6.45) is 4.01. The van der Waals surface area contributed by atoms with E-state index >= 15 is 0 Å². The molecule has 2 aromatic rings. The number of nitriles is 1. The zero-order valence-electron chi connectivity index (χ0n) is 16.5. The van der Waals surface area contributed by atoms with Crippen LogP contribution in [-0.2, 0) is 11.2 Å². The molecule has 0 amide bonds. The highest BCUT2D eigenvalue weighted by molar-refractivity contribution is 5.84. The number of carbonyl (C=O) groups is 1. The molecule has 5 nitrogen and oxygen atoms in total. The Kier molecular flexibility index (Phi) is 6.12. The van der Waals surface area contributed by atoms with Crippen molar-refractivity contribution in [1.82, 2.24) is 5.32 Å². The van der Waals surface area contributed by atoms with Crippen LogP contribution in [0.2, 0.25) is 0 Å². The van der Waals surface area contributed by atoms with E-state index in [-0.39, 0.29) is 17.7 Å². The molecule has 0 radical (unpaired) electrons. The van der Waals surface area contributed by atoms with Gasteiger partial charge in [0.1, 0.15) is 13.2 Å². The molecule has 0 spiro atoms. The normalized spacial score (nSPS) is 19.2. The van der Waals surface area contributed by atoms with Gasteiger partial charge in [-0.05, 0) is 54.6 Å². The third-order valence-corrected chi connectivity index (χ3v) is 5.64. The van der Waals surface area contributed by atoms with Gasteiger partial charge in [0.15, 0.2) is 17.3 Å². The molecule has 0 bridgehead atoms. The van der Waals surface area contributed by atoms with Gasteiger partial charge in [0.2, 0.25) is 0 Å². The van der Waals surface area contributed by atoms with Crippen molar-refractivity contribution in [3.63, 3.8) is 0 Å². The van der Waals surface area contributed by atoms with Crippen LogP contribution in [0.25, 0.3) is 11.1 Å². The maximum atomic E-state index is 12.5. The zero-order valence-corrected chi connectivity index (χ0v) is 16.5. The summed E-state index contributed by atoms with van der Waals surface area (Å²) in [5.74, 6) is 1.44. The number of ketones is 1. The molecule has 0 saturated carbocycles. The summed E-state index contributed by atoms with van der Waals surface area (Å²) >= 11 is 0. The lowest BCUT2D eigenvalue weighted by atomic mass is 9.90. The molecule has 29 heavy (non-hydrogen) atoms. The molecule has 2 aliphatic heterocycles. The molecule has 5 heteroatoms. The fourth-order valence-electron chi connectivity index (χ4n) is 4.02. The molecule has 1 fully saturated rings. The first-order valence-corrected chi connectivity index (χ1v) is 10.4. The third-order valence-electron chi connectivity index (χ3n) is 5.64. The van der Waals surface area contributed by atoms with Crippen LogP contribution in [0, 0.1) is 17.2 Å². The highest BCUT2D eigenvalue weighted by Crippen LogP contribution is 2.34. The number of piperidine rings is 1. The Bertz CT molecular complexity index is 895. The minimum absolute atomic E-state index is 0.0721. The average molecular weight is 390 g/mol. The number of nitrogens with zero attached hydrogens (tertiary/aromatic N) is 1. The second-order valence-corrected chi connectivity index (χ2v) is 7.76. The summed E-state index contributed by atoms with van der Waals surface area (Å²) < 4.78 is 11.2. The molecule has 1 saturated heterocycles. The summed E-state index contributed by atoms with van der Waals surface area (Å²) in [5.41, 5.74) is 3.22. The van der Waals surface area contributed by atoms with E-state index in [9.17, 15) is 10.1 Å². The predicted octanol–water partition coefficient (Wildman–Crippen LogP) is 3.91. The zero-order chi connectivity index (χ0) is 20.1. The minimum Gasteiger partial charge on any atom is -0.486 e. The van der Waals surface area contributed by atoms with Crippen molar-refractivity contribution >= 4 is 5.78 Å². The highest BCUT2D eigenvalue weighted by Gasteiger charge is 2.23. The maximum absolute atomic E-state index is 12.5. The van der Waals surface area contributed by atoms with E-state index in [0.717, 1.165) is 54.0 Å². The maximum Gasteiger partial charge on any atom is 0.161 e. The van der Waals surface area contributed by atoms with Crippen molar-refractivity contribution in [2.75, 3.05) is 19.8 Å². The predicted molar refractivity (Wildman–Crippen MR) is 111 cm³/mol. The Morgan fingerprint density at radius 3 is 2.55 bits per heavy atom. The molecule has 0 unspecified atom stereocenters. The monoisotopic (exact) mass is 390 g/mol. The number of rotatable bonds is 6. The quantitative estimate of drug-likeness (QED) is 0.810. The molecular formula is C24H26N2O3. The number of fused-ring (bicyclic) bond motifs is 1. The Hall–Kier alpha value is -2.84. The Balaban J connectivity index is 1.39. The molecule has 2 aromatic carbocycles. The van der Waals surface area contributed by atoms with E-state index in [1.165, 1.54) is 0 Å². The molecule has 1 N–H and O–H groups in total. The van der Waals surface area contributed by atoms with Crippen molar-refractivity contribution < 1.29 is 14.3 Å². The Labute approximate surface area is 171 Å². The number of Topliss-reactive ketones (excluding diaryl/α,β-unsaturated/α-hetero) is 1. The van der Waals surface area contributed by atoms with Crippen molar-refractivity contribution in [2.24, 2.45) is 5.92 Å². The molecule has 0 aromatic heterocycles. The molecule has 2 aliphatic rings. The Morgan fingerprint density at radius 1 is 1.07 bits per heavy atom. The molecule has 2 atom stereocenters. The second-order valence-electron chi connectivity index (χ2n) is 7.76. The van der Waals surface area contributed by atoms with Crippen LogP contribution >= 0.6 is 0 Å². The first kappa shape index (κ1) is 19.5. The SMILES string of the molecule is N#C[C@@H](CC(=O)[C@@H]1CCCCN1)Cc1ccc(-c2ccc3c(c2)OCCO3)cc1. The van der Waals surface area contributed by atoms with Crippen molar-refractivity contribution in [3.8, 4) is 28.7 Å². The van der Waals surface area contributed by atoms with Gasteiger partial charge in [0.05, 0.1) is 18.0 Å². The standard InChI is InChI=1S/C24H26N2O3/c25-16-18(14-22(27)21-3-1-2-10-26-21)13-17-4-6-19(7-5-17)20-8-9-23-24(15-20)29-12-11-28-23/h4-9,15,18,21,26H,1-3,10-14H2/t18-,21+/m1/s1. The van der Waals surface area contributed by atoms with Gasteiger partial charge in [-0.3, -0.25) is 4.79 Å². The summed E-state index contributed by atoms with van der Waals surface area (Å²) in [5, 5.41) is 12.8. The van der Waals surface area contributed by atoms with E-state index in [4.69, 9.17) is 9.47 Å². The minimum atomic E-state index is -0.286. The van der Waals surface area contributed by atoms with Gasteiger partial charge in [-0.25, -0.2) is 0 Å². The fourth-order valence-corrected chi connectivity index (χ4v) is 4.02. The van der Waals surface area contributed by atoms with Crippen LogP contribution < -0.4 is 14.8 Å². The van der Waals surface area contributed by atoms with Crippen LogP contribution in [0.1, 0.15) is 31.2 Å². The van der Waals surface area contributed by atoms with Gasteiger partial charge in [-0.2, -0.15) is 5.26 Å². The first-order valence-electron chi connectivity index (χ1n) is 10.4. The fraction of sp³-hybridized carbons (Fsp3) is 0.417. The second kappa shape index (κ2) is 9.11. The van der Waals surface area contributed by atoms with Crippen LogP contribution in [0.15, 0.2) is 42.5 Å². The van der Waals surface area contributed by atoms with Gasteiger partial charge in [0.25, 0.3) is 0 Å². The molecule has 0 aliphatic carbocycles. The molecule has 2 heterocycles. The number of hydrogen-bond acceptors (Lipinski definition) is 5. The van der Waals surface area contributed by atoms with E-state index in [0.29, 0.717) is 26.1 Å². The molecule has 150 valence electrons. The van der Waals surface area contributed by atoms with Gasteiger partial charge in [-0.1, -0.05) is 36.8 Å². The number of carbonyl (C=O) groups excluding carboxylic acids is 1. The van der Waals surface area contributed by atoms with E-state index in [2.05, 4.69) is 23.5 Å². The summed E-state index contributed by atoms with van der Waals surface area (Å²) in [4.78, 5) is 12.5. The third kappa shape index (κ3) is 4.78. The van der Waals surface area contributed by atoms with Gasteiger partial charge < -0.3 is 14.8 Å². The van der Waals surface area contributed by atoms with E-state index < -0.39 is 0 Å². The average Bonchev–Trinajstić information content (AvgIpc) is 2.79. The lowest BCUT2D eigenvalue weighted by Crippen LogP contribution is -2.41. The van der Waals surface area contributed by atoms with Crippen LogP contribution in [0.4, 0.5) is 0 Å². The largest absolute Gasteiger partial charge is 0.486 e. The number of nitrogens with one attached hydrogen (secondary N) is 1. The first-order chi connectivity index (χ1) is 14.2. The summed E-state index contributed by atoms with van der Waals surface area (Å²) in [6.45, 7) is 2.05. The van der Waals surface area contributed by atoms with Crippen LogP contribution in [0.5, 0.6) is 11.5 Å².